The number of nitriles is 1. The van der Waals surface area contributed by atoms with Crippen molar-refractivity contribution in [2.75, 3.05) is 0 Å². The maximum absolute atomic E-state index is 9.04. The highest BCUT2D eigenvalue weighted by atomic mass is 79.9. The van der Waals surface area contributed by atoms with Crippen LogP contribution in [0.4, 0.5) is 0 Å². The third kappa shape index (κ3) is 2.67. The summed E-state index contributed by atoms with van der Waals surface area (Å²) in [4.78, 5) is 4.18. The lowest BCUT2D eigenvalue weighted by atomic mass is 9.69. The van der Waals surface area contributed by atoms with Crippen LogP contribution in [-0.4, -0.2) is 5.71 Å². The number of rotatable bonds is 0. The summed E-state index contributed by atoms with van der Waals surface area (Å²) in [5.41, 5.74) is 3.93. The summed E-state index contributed by atoms with van der Waals surface area (Å²) in [5, 5.41) is 9.04. The number of halogens is 1. The second kappa shape index (κ2) is 5.69. The number of aliphatic imine (C=N–C) groups is 1. The first-order chi connectivity index (χ1) is 9.72. The predicted octanol–water partition coefficient (Wildman–Crippen LogP) is 5.01. The molecule has 2 aliphatic carbocycles. The summed E-state index contributed by atoms with van der Waals surface area (Å²) >= 11 is 3.54. The lowest BCUT2D eigenvalue weighted by Gasteiger charge is -2.36. The molecule has 1 fully saturated rings. The zero-order valence-electron chi connectivity index (χ0n) is 11.7. The molecule has 2 aliphatic rings. The third-order valence-electron chi connectivity index (χ3n) is 4.95. The fourth-order valence-electron chi connectivity index (χ4n) is 3.86. The second-order valence-electron chi connectivity index (χ2n) is 6.20. The largest absolute Gasteiger partial charge is 0.205 e. The minimum atomic E-state index is 0.388. The molecule has 0 bridgehead atoms. The Morgan fingerprint density at radius 1 is 1.15 bits per heavy atom. The minimum Gasteiger partial charge on any atom is -0.178 e. The van der Waals surface area contributed by atoms with Crippen molar-refractivity contribution in [2.45, 2.75) is 51.4 Å². The smallest absolute Gasteiger partial charge is 0.178 e. The molecule has 104 valence electrons. The van der Waals surface area contributed by atoms with Gasteiger partial charge in [0.1, 0.15) is 0 Å². The molecule has 3 heteroatoms. The van der Waals surface area contributed by atoms with Gasteiger partial charge in [0.05, 0.1) is 5.71 Å². The third-order valence-corrected chi connectivity index (χ3v) is 5.44. The van der Waals surface area contributed by atoms with Crippen LogP contribution in [0.5, 0.6) is 0 Å². The molecule has 0 amide bonds. The van der Waals surface area contributed by atoms with Gasteiger partial charge < -0.3 is 0 Å². The number of benzene rings is 1. The maximum Gasteiger partial charge on any atom is 0.205 e. The quantitative estimate of drug-likeness (QED) is 0.616. The average Bonchev–Trinajstić information content (AvgIpc) is 2.59. The van der Waals surface area contributed by atoms with Crippen LogP contribution in [0.15, 0.2) is 27.7 Å². The van der Waals surface area contributed by atoms with Crippen LogP contribution in [0.25, 0.3) is 0 Å². The topological polar surface area (TPSA) is 36.1 Å². The molecular weight excluding hydrogens is 312 g/mol. The summed E-state index contributed by atoms with van der Waals surface area (Å²) in [6.45, 7) is 0. The Labute approximate surface area is 129 Å². The van der Waals surface area contributed by atoms with Gasteiger partial charge in [0, 0.05) is 10.0 Å². The van der Waals surface area contributed by atoms with Gasteiger partial charge in [-0.25, -0.2) is 0 Å². The highest BCUT2D eigenvalue weighted by Gasteiger charge is 2.36. The van der Waals surface area contributed by atoms with E-state index >= 15 is 0 Å². The van der Waals surface area contributed by atoms with Crippen LogP contribution in [0, 0.1) is 16.9 Å². The standard InChI is InChI=1S/C17H19BrN2/c18-14-5-4-13-6-9-17(7-2-1-3-8-17)11-16(20-12-19)15(13)10-14/h4-5,10H,1-3,6-9,11H2/b20-16+. The van der Waals surface area contributed by atoms with Crippen molar-refractivity contribution < 1.29 is 0 Å². The number of fused-ring (bicyclic) bond motifs is 1. The SMILES string of the molecule is N#C/N=C1\CC2(CCCCC2)CCc2ccc(Br)cc21. The van der Waals surface area contributed by atoms with Crippen molar-refractivity contribution in [1.82, 2.24) is 0 Å². The van der Waals surface area contributed by atoms with Crippen LogP contribution in [0.2, 0.25) is 0 Å². The highest BCUT2D eigenvalue weighted by Crippen LogP contribution is 2.46. The summed E-state index contributed by atoms with van der Waals surface area (Å²) in [7, 11) is 0. The summed E-state index contributed by atoms with van der Waals surface area (Å²) in [6.07, 6.45) is 12.0. The second-order valence-corrected chi connectivity index (χ2v) is 7.11. The van der Waals surface area contributed by atoms with Gasteiger partial charge in [-0.2, -0.15) is 10.3 Å². The Bertz CT molecular complexity index is 577. The zero-order valence-corrected chi connectivity index (χ0v) is 13.2. The Morgan fingerprint density at radius 2 is 1.95 bits per heavy atom. The van der Waals surface area contributed by atoms with Gasteiger partial charge in [0.2, 0.25) is 6.19 Å². The molecule has 2 nitrogen and oxygen atoms in total. The Morgan fingerprint density at radius 3 is 2.70 bits per heavy atom. The van der Waals surface area contributed by atoms with E-state index in [1.54, 1.807) is 0 Å². The minimum absolute atomic E-state index is 0.388. The van der Waals surface area contributed by atoms with Crippen LogP contribution >= 0.6 is 15.9 Å². The molecule has 3 rings (SSSR count). The molecule has 20 heavy (non-hydrogen) atoms. The van der Waals surface area contributed by atoms with Crippen LogP contribution < -0.4 is 0 Å². The number of aryl methyl sites for hydroxylation is 1. The lowest BCUT2D eigenvalue weighted by Crippen LogP contribution is -2.26. The molecule has 0 heterocycles. The van der Waals surface area contributed by atoms with Crippen LogP contribution in [0.1, 0.15) is 56.1 Å². The van der Waals surface area contributed by atoms with E-state index in [2.05, 4.69) is 39.1 Å². The number of hydrogen-bond donors (Lipinski definition) is 0. The van der Waals surface area contributed by atoms with Crippen molar-refractivity contribution in [3.8, 4) is 6.19 Å². The normalized spacial score (nSPS) is 23.1. The van der Waals surface area contributed by atoms with E-state index in [1.165, 1.54) is 49.7 Å². The molecule has 1 saturated carbocycles. The fourth-order valence-corrected chi connectivity index (χ4v) is 4.22. The van der Waals surface area contributed by atoms with Crippen molar-refractivity contribution in [3.63, 3.8) is 0 Å². The van der Waals surface area contributed by atoms with Crippen molar-refractivity contribution in [2.24, 2.45) is 10.4 Å². The molecular formula is C17H19BrN2. The fraction of sp³-hybridized carbons (Fsp3) is 0.529. The Kier molecular flexibility index (Phi) is 3.94. The van der Waals surface area contributed by atoms with Gasteiger partial charge >= 0.3 is 0 Å². The number of hydrogen-bond acceptors (Lipinski definition) is 2. The van der Waals surface area contributed by atoms with E-state index in [-0.39, 0.29) is 0 Å². The van der Waals surface area contributed by atoms with Gasteiger partial charge in [-0.05, 0) is 55.2 Å². The van der Waals surface area contributed by atoms with Gasteiger partial charge in [-0.1, -0.05) is 41.3 Å². The molecule has 1 spiro atoms. The predicted molar refractivity (Wildman–Crippen MR) is 84.7 cm³/mol. The van der Waals surface area contributed by atoms with E-state index in [0.29, 0.717) is 5.41 Å². The van der Waals surface area contributed by atoms with Crippen molar-refractivity contribution in [1.29, 1.82) is 5.26 Å². The molecule has 0 aromatic heterocycles. The molecule has 1 aromatic rings. The van der Waals surface area contributed by atoms with Crippen molar-refractivity contribution in [3.05, 3.63) is 33.8 Å². The summed E-state index contributed by atoms with van der Waals surface area (Å²) in [5.74, 6) is 0. The highest BCUT2D eigenvalue weighted by molar-refractivity contribution is 9.10. The Hall–Kier alpha value is -1.14. The zero-order chi connectivity index (χ0) is 14.0. The number of nitrogens with zero attached hydrogens (tertiary/aromatic N) is 2. The van der Waals surface area contributed by atoms with E-state index in [1.807, 2.05) is 6.19 Å². The van der Waals surface area contributed by atoms with Crippen LogP contribution in [0.3, 0.4) is 0 Å². The molecule has 1 aromatic carbocycles. The monoisotopic (exact) mass is 330 g/mol. The first-order valence-corrected chi connectivity index (χ1v) is 8.26. The molecule has 0 aliphatic heterocycles. The molecule has 0 radical (unpaired) electrons. The lowest BCUT2D eigenvalue weighted by molar-refractivity contribution is 0.184. The summed E-state index contributed by atoms with van der Waals surface area (Å²) < 4.78 is 1.07. The Balaban J connectivity index is 2.02. The van der Waals surface area contributed by atoms with Gasteiger partial charge in [0.15, 0.2) is 0 Å². The van der Waals surface area contributed by atoms with Gasteiger partial charge in [-0.3, -0.25) is 0 Å². The summed E-state index contributed by atoms with van der Waals surface area (Å²) in [6, 6.07) is 6.42. The molecule has 0 atom stereocenters. The van der Waals surface area contributed by atoms with Crippen LogP contribution in [-0.2, 0) is 6.42 Å². The molecule has 0 N–H and O–H groups in total. The van der Waals surface area contributed by atoms with E-state index in [4.69, 9.17) is 5.26 Å². The average molecular weight is 331 g/mol. The van der Waals surface area contributed by atoms with Crippen molar-refractivity contribution >= 4 is 21.6 Å². The van der Waals surface area contributed by atoms with E-state index < -0.39 is 0 Å². The maximum atomic E-state index is 9.04. The first-order valence-electron chi connectivity index (χ1n) is 7.47. The van der Waals surface area contributed by atoms with E-state index in [0.717, 1.165) is 23.0 Å². The first kappa shape index (κ1) is 13.8. The van der Waals surface area contributed by atoms with E-state index in [9.17, 15) is 0 Å². The van der Waals surface area contributed by atoms with Gasteiger partial charge in [-0.15, -0.1) is 0 Å². The van der Waals surface area contributed by atoms with Gasteiger partial charge in [0.25, 0.3) is 0 Å². The molecule has 0 saturated heterocycles. The molecule has 0 unspecified atom stereocenters.